The molecule has 1 atom stereocenters. The van der Waals surface area contributed by atoms with Gasteiger partial charge < -0.3 is 5.32 Å². The van der Waals surface area contributed by atoms with Crippen LogP contribution in [0.3, 0.4) is 0 Å². The second-order valence-corrected chi connectivity index (χ2v) is 4.15. The van der Waals surface area contributed by atoms with E-state index < -0.39 is 0 Å². The van der Waals surface area contributed by atoms with Crippen LogP contribution in [0.2, 0.25) is 10.3 Å². The summed E-state index contributed by atoms with van der Waals surface area (Å²) in [6.45, 7) is 4.29. The highest BCUT2D eigenvalue weighted by molar-refractivity contribution is 6.33. The van der Waals surface area contributed by atoms with Gasteiger partial charge in [0.05, 0.1) is 5.69 Å². The minimum atomic E-state index is 0.355. The van der Waals surface area contributed by atoms with Gasteiger partial charge in [0.25, 0.3) is 0 Å². The number of nitrogens with one attached hydrogen (secondary N) is 1. The zero-order chi connectivity index (χ0) is 11.3. The Morgan fingerprint density at radius 3 is 2.67 bits per heavy atom. The fraction of sp³-hybridized carbons (Fsp3) is 0.600. The van der Waals surface area contributed by atoms with Crippen molar-refractivity contribution in [3.05, 3.63) is 16.4 Å². The monoisotopic (exact) mass is 247 g/mol. The van der Waals surface area contributed by atoms with E-state index in [1.165, 1.54) is 0 Å². The molecule has 0 fully saturated rings. The van der Waals surface area contributed by atoms with Crippen LogP contribution in [0.15, 0.2) is 6.07 Å². The Bertz CT molecular complexity index is 318. The van der Waals surface area contributed by atoms with E-state index >= 15 is 0 Å². The van der Waals surface area contributed by atoms with Crippen molar-refractivity contribution in [2.45, 2.75) is 39.2 Å². The quantitative estimate of drug-likeness (QED) is 0.861. The number of halogens is 2. The van der Waals surface area contributed by atoms with E-state index in [-0.39, 0.29) is 0 Å². The molecule has 3 nitrogen and oxygen atoms in total. The van der Waals surface area contributed by atoms with Crippen LogP contribution in [-0.4, -0.2) is 16.2 Å². The van der Waals surface area contributed by atoms with Crippen LogP contribution in [0.1, 0.15) is 33.1 Å². The fourth-order valence-electron chi connectivity index (χ4n) is 1.40. The SMILES string of the molecule is CCCC(CC)Nc1cc(Cl)nnc1Cl. The van der Waals surface area contributed by atoms with Crippen molar-refractivity contribution in [3.8, 4) is 0 Å². The van der Waals surface area contributed by atoms with Crippen molar-refractivity contribution < 1.29 is 0 Å². The standard InChI is InChI=1S/C10H15Cl2N3/c1-3-5-7(4-2)13-8-6-9(11)14-15-10(8)12/h6-7H,3-5H2,1-2H3,(H,13,14). The molecule has 15 heavy (non-hydrogen) atoms. The molecule has 0 bridgehead atoms. The Labute approximate surface area is 100 Å². The topological polar surface area (TPSA) is 37.8 Å². The summed E-state index contributed by atoms with van der Waals surface area (Å²) in [5.41, 5.74) is 0.761. The second-order valence-electron chi connectivity index (χ2n) is 3.41. The van der Waals surface area contributed by atoms with Crippen molar-refractivity contribution in [3.63, 3.8) is 0 Å². The minimum absolute atomic E-state index is 0.355. The average molecular weight is 248 g/mol. The Kier molecular flexibility index (Phi) is 5.12. The zero-order valence-electron chi connectivity index (χ0n) is 8.93. The maximum absolute atomic E-state index is 5.90. The van der Waals surface area contributed by atoms with Crippen LogP contribution < -0.4 is 5.32 Å². The first-order chi connectivity index (χ1) is 7.17. The molecule has 0 amide bonds. The van der Waals surface area contributed by atoms with E-state index in [0.29, 0.717) is 16.3 Å². The number of aromatic nitrogens is 2. The predicted molar refractivity (Wildman–Crippen MR) is 64.7 cm³/mol. The van der Waals surface area contributed by atoms with Gasteiger partial charge in [-0.1, -0.05) is 43.5 Å². The van der Waals surface area contributed by atoms with Gasteiger partial charge in [-0.15, -0.1) is 10.2 Å². The number of hydrogen-bond donors (Lipinski definition) is 1. The van der Waals surface area contributed by atoms with Gasteiger partial charge in [-0.3, -0.25) is 0 Å². The van der Waals surface area contributed by atoms with Crippen LogP contribution in [0.5, 0.6) is 0 Å². The first-order valence-electron chi connectivity index (χ1n) is 5.12. The van der Waals surface area contributed by atoms with Crippen LogP contribution >= 0.6 is 23.2 Å². The summed E-state index contributed by atoms with van der Waals surface area (Å²) in [4.78, 5) is 0. The molecule has 0 aliphatic carbocycles. The molecule has 5 heteroatoms. The highest BCUT2D eigenvalue weighted by atomic mass is 35.5. The molecule has 0 radical (unpaired) electrons. The lowest BCUT2D eigenvalue weighted by atomic mass is 10.1. The Morgan fingerprint density at radius 2 is 2.07 bits per heavy atom. The van der Waals surface area contributed by atoms with E-state index in [1.54, 1.807) is 6.07 Å². The van der Waals surface area contributed by atoms with E-state index in [1.807, 2.05) is 0 Å². The lowest BCUT2D eigenvalue weighted by molar-refractivity contribution is 0.622. The van der Waals surface area contributed by atoms with Crippen molar-refractivity contribution in [1.29, 1.82) is 0 Å². The van der Waals surface area contributed by atoms with Gasteiger partial charge in [-0.2, -0.15) is 0 Å². The van der Waals surface area contributed by atoms with Gasteiger partial charge >= 0.3 is 0 Å². The second kappa shape index (κ2) is 6.13. The summed E-state index contributed by atoms with van der Waals surface area (Å²) >= 11 is 11.7. The highest BCUT2D eigenvalue weighted by Gasteiger charge is 2.09. The third-order valence-electron chi connectivity index (χ3n) is 2.21. The lowest BCUT2D eigenvalue weighted by Gasteiger charge is -2.17. The maximum atomic E-state index is 5.90. The molecule has 0 aliphatic heterocycles. The Morgan fingerprint density at radius 1 is 1.33 bits per heavy atom. The molecule has 0 saturated heterocycles. The molecule has 84 valence electrons. The highest BCUT2D eigenvalue weighted by Crippen LogP contribution is 2.22. The predicted octanol–water partition coefficient (Wildman–Crippen LogP) is 3.77. The van der Waals surface area contributed by atoms with Gasteiger partial charge in [-0.05, 0) is 12.8 Å². The summed E-state index contributed by atoms with van der Waals surface area (Å²) in [7, 11) is 0. The normalized spacial score (nSPS) is 12.5. The van der Waals surface area contributed by atoms with Crippen LogP contribution in [0, 0.1) is 0 Å². The van der Waals surface area contributed by atoms with Gasteiger partial charge in [-0.25, -0.2) is 0 Å². The Hall–Kier alpha value is -0.540. The fourth-order valence-corrected chi connectivity index (χ4v) is 1.69. The molecule has 0 aliphatic rings. The molecule has 1 aromatic heterocycles. The molecule has 0 saturated carbocycles. The zero-order valence-corrected chi connectivity index (χ0v) is 10.4. The molecule has 0 spiro atoms. The van der Waals surface area contributed by atoms with Gasteiger partial charge in [0.15, 0.2) is 10.3 Å². The molecule has 0 aromatic carbocycles. The number of rotatable bonds is 5. The van der Waals surface area contributed by atoms with Crippen molar-refractivity contribution in [2.24, 2.45) is 0 Å². The van der Waals surface area contributed by atoms with E-state index in [4.69, 9.17) is 23.2 Å². The summed E-state index contributed by atoms with van der Waals surface area (Å²) < 4.78 is 0. The summed E-state index contributed by atoms with van der Waals surface area (Å²) in [6.07, 6.45) is 3.28. The summed E-state index contributed by atoms with van der Waals surface area (Å²) in [5.74, 6) is 0. The smallest absolute Gasteiger partial charge is 0.174 e. The van der Waals surface area contributed by atoms with Crippen molar-refractivity contribution in [1.82, 2.24) is 10.2 Å². The number of hydrogen-bond acceptors (Lipinski definition) is 3. The average Bonchev–Trinajstić information content (AvgIpc) is 2.22. The maximum Gasteiger partial charge on any atom is 0.174 e. The third-order valence-corrected chi connectivity index (χ3v) is 2.67. The lowest BCUT2D eigenvalue weighted by Crippen LogP contribution is -2.18. The first-order valence-corrected chi connectivity index (χ1v) is 5.88. The summed E-state index contributed by atoms with van der Waals surface area (Å²) in [5, 5.41) is 11.5. The molecule has 1 rings (SSSR count). The van der Waals surface area contributed by atoms with Gasteiger partial charge in [0.2, 0.25) is 0 Å². The largest absolute Gasteiger partial charge is 0.380 e. The third kappa shape index (κ3) is 3.84. The first kappa shape index (κ1) is 12.5. The molecular formula is C10H15Cl2N3. The van der Waals surface area contributed by atoms with Crippen molar-refractivity contribution in [2.75, 3.05) is 5.32 Å². The molecular weight excluding hydrogens is 233 g/mol. The molecule has 1 N–H and O–H groups in total. The molecule has 1 unspecified atom stereocenters. The van der Waals surface area contributed by atoms with Crippen LogP contribution in [0.4, 0.5) is 5.69 Å². The summed E-state index contributed by atoms with van der Waals surface area (Å²) in [6, 6.07) is 2.11. The number of anilines is 1. The van der Waals surface area contributed by atoms with Crippen LogP contribution in [-0.2, 0) is 0 Å². The van der Waals surface area contributed by atoms with E-state index in [2.05, 4.69) is 29.4 Å². The van der Waals surface area contributed by atoms with E-state index in [9.17, 15) is 0 Å². The van der Waals surface area contributed by atoms with Crippen molar-refractivity contribution >= 4 is 28.9 Å². The molecule has 1 heterocycles. The van der Waals surface area contributed by atoms with Gasteiger partial charge in [0, 0.05) is 12.1 Å². The Balaban J connectivity index is 2.73. The number of nitrogens with zero attached hydrogens (tertiary/aromatic N) is 2. The van der Waals surface area contributed by atoms with Gasteiger partial charge in [0.1, 0.15) is 0 Å². The van der Waals surface area contributed by atoms with E-state index in [0.717, 1.165) is 24.9 Å². The minimum Gasteiger partial charge on any atom is -0.380 e. The van der Waals surface area contributed by atoms with Crippen LogP contribution in [0.25, 0.3) is 0 Å². The molecule has 1 aromatic rings.